The highest BCUT2D eigenvalue weighted by Crippen LogP contribution is 2.23. The lowest BCUT2D eigenvalue weighted by molar-refractivity contribution is -0.121. The van der Waals surface area contributed by atoms with Gasteiger partial charge in [-0.1, -0.05) is 13.0 Å². The van der Waals surface area contributed by atoms with Gasteiger partial charge >= 0.3 is 0 Å². The minimum absolute atomic E-state index is 0.0246. The first-order chi connectivity index (χ1) is 10.5. The maximum absolute atomic E-state index is 11.3. The second-order valence-electron chi connectivity index (χ2n) is 6.23. The van der Waals surface area contributed by atoms with Crippen molar-refractivity contribution in [1.29, 1.82) is 0 Å². The van der Waals surface area contributed by atoms with Crippen LogP contribution >= 0.6 is 0 Å². The summed E-state index contributed by atoms with van der Waals surface area (Å²) in [6, 6.07) is 6.68. The van der Waals surface area contributed by atoms with E-state index in [1.165, 1.54) is 12.8 Å². The van der Waals surface area contributed by atoms with Gasteiger partial charge in [0.1, 0.15) is 6.29 Å². The van der Waals surface area contributed by atoms with Crippen LogP contribution in [0.3, 0.4) is 0 Å². The number of hydrazone groups is 1. The van der Waals surface area contributed by atoms with Crippen molar-refractivity contribution < 1.29 is 4.79 Å². The number of hydrogen-bond donors (Lipinski definition) is 4. The van der Waals surface area contributed by atoms with E-state index in [-0.39, 0.29) is 18.1 Å². The largest absolute Gasteiger partial charge is 0.358 e. The summed E-state index contributed by atoms with van der Waals surface area (Å²) >= 11 is 0. The number of carbonyl (C=O) groups is 1. The summed E-state index contributed by atoms with van der Waals surface area (Å²) < 4.78 is 0. The number of rotatable bonds is 5. The van der Waals surface area contributed by atoms with E-state index in [1.807, 2.05) is 26.0 Å². The molecule has 6 heteroatoms. The van der Waals surface area contributed by atoms with Gasteiger partial charge in [-0.15, -0.1) is 0 Å². The zero-order chi connectivity index (χ0) is 15.7. The molecule has 6 nitrogen and oxygen atoms in total. The first-order valence-corrected chi connectivity index (χ1v) is 7.78. The molecule has 1 amide bonds. The number of hydrogen-bond acceptors (Lipinski definition) is 5. The number of nitrogens with zero attached hydrogens (tertiary/aromatic N) is 1. The zero-order valence-corrected chi connectivity index (χ0v) is 13.0. The first kappa shape index (κ1) is 15.0. The molecular formula is C16H23N5O. The Morgan fingerprint density at radius 1 is 1.41 bits per heavy atom. The molecule has 1 aromatic rings. The summed E-state index contributed by atoms with van der Waals surface area (Å²) in [6.45, 7) is 4.07. The number of carbonyl (C=O) groups excluding carboxylic acids is 1. The molecular weight excluding hydrogens is 278 g/mol. The molecule has 2 unspecified atom stereocenters. The summed E-state index contributed by atoms with van der Waals surface area (Å²) in [5.74, 6) is 0.106. The lowest BCUT2D eigenvalue weighted by atomic mass is 9.93. The fourth-order valence-corrected chi connectivity index (χ4v) is 2.70. The number of benzene rings is 1. The van der Waals surface area contributed by atoms with Gasteiger partial charge in [0.05, 0.1) is 5.71 Å². The van der Waals surface area contributed by atoms with E-state index in [9.17, 15) is 4.79 Å². The van der Waals surface area contributed by atoms with E-state index in [2.05, 4.69) is 27.2 Å². The first-order valence-electron chi connectivity index (χ1n) is 7.78. The SMILES string of the molecule is Cc1cc(C2=NNC(=O)CC2C)ccc1NC(N)NC1CC1. The fraction of sp³-hybridized carbons (Fsp3) is 0.500. The van der Waals surface area contributed by atoms with Crippen molar-refractivity contribution >= 4 is 17.3 Å². The molecule has 22 heavy (non-hydrogen) atoms. The van der Waals surface area contributed by atoms with Gasteiger partial charge in [-0.05, 0) is 43.0 Å². The lowest BCUT2D eigenvalue weighted by Crippen LogP contribution is -2.45. The van der Waals surface area contributed by atoms with Crippen LogP contribution in [0.15, 0.2) is 23.3 Å². The third-order valence-electron chi connectivity index (χ3n) is 4.09. The quantitative estimate of drug-likeness (QED) is 0.616. The number of aryl methyl sites for hydroxylation is 1. The van der Waals surface area contributed by atoms with Crippen molar-refractivity contribution in [1.82, 2.24) is 10.7 Å². The Morgan fingerprint density at radius 2 is 2.18 bits per heavy atom. The van der Waals surface area contributed by atoms with Crippen molar-refractivity contribution in [2.45, 2.75) is 45.4 Å². The fourth-order valence-electron chi connectivity index (χ4n) is 2.70. The normalized spacial score (nSPS) is 22.8. The Morgan fingerprint density at radius 3 is 2.82 bits per heavy atom. The summed E-state index contributed by atoms with van der Waals surface area (Å²) in [7, 11) is 0. The summed E-state index contributed by atoms with van der Waals surface area (Å²) in [6.07, 6.45) is 2.66. The molecule has 0 radical (unpaired) electrons. The Kier molecular flexibility index (Phi) is 4.13. The van der Waals surface area contributed by atoms with Gasteiger partial charge in [-0.3, -0.25) is 15.8 Å². The molecule has 0 bridgehead atoms. The molecule has 118 valence electrons. The molecule has 1 saturated carbocycles. The number of nitrogens with one attached hydrogen (secondary N) is 3. The maximum Gasteiger partial charge on any atom is 0.240 e. The van der Waals surface area contributed by atoms with Gasteiger partial charge in [0.2, 0.25) is 5.91 Å². The molecule has 0 spiro atoms. The Balaban J connectivity index is 1.72. The maximum atomic E-state index is 11.3. The Hall–Kier alpha value is -1.92. The van der Waals surface area contributed by atoms with Gasteiger partial charge in [-0.2, -0.15) is 5.10 Å². The Labute approximate surface area is 130 Å². The number of anilines is 1. The standard InChI is InChI=1S/C16H23N5O/c1-9-7-11(15-10(2)8-14(22)20-21-15)3-6-13(9)19-16(17)18-12-4-5-12/h3,6-7,10,12,16,18-19H,4-5,8,17H2,1-2H3,(H,20,22). The van der Waals surface area contributed by atoms with Crippen LogP contribution in [0.5, 0.6) is 0 Å². The van der Waals surface area contributed by atoms with E-state index in [0.29, 0.717) is 12.5 Å². The van der Waals surface area contributed by atoms with E-state index >= 15 is 0 Å². The van der Waals surface area contributed by atoms with Crippen molar-refractivity contribution in [2.24, 2.45) is 16.8 Å². The van der Waals surface area contributed by atoms with Gasteiger partial charge in [0, 0.05) is 24.1 Å². The second-order valence-corrected chi connectivity index (χ2v) is 6.23. The van der Waals surface area contributed by atoms with Gasteiger partial charge in [0.15, 0.2) is 0 Å². The second kappa shape index (κ2) is 6.06. The molecule has 3 rings (SSSR count). The van der Waals surface area contributed by atoms with Gasteiger partial charge < -0.3 is 5.32 Å². The van der Waals surface area contributed by atoms with E-state index < -0.39 is 0 Å². The summed E-state index contributed by atoms with van der Waals surface area (Å²) in [4.78, 5) is 11.3. The minimum Gasteiger partial charge on any atom is -0.358 e. The highest BCUT2D eigenvalue weighted by molar-refractivity contribution is 6.06. The van der Waals surface area contributed by atoms with Crippen LogP contribution in [-0.4, -0.2) is 24.0 Å². The van der Waals surface area contributed by atoms with Crippen LogP contribution in [0.1, 0.15) is 37.3 Å². The third-order valence-corrected chi connectivity index (χ3v) is 4.09. The molecule has 0 saturated heterocycles. The summed E-state index contributed by atoms with van der Waals surface area (Å²) in [5, 5.41) is 10.8. The molecule has 1 aliphatic heterocycles. The van der Waals surface area contributed by atoms with Gasteiger partial charge in [-0.25, -0.2) is 5.43 Å². The molecule has 1 fully saturated rings. The van der Waals surface area contributed by atoms with Gasteiger partial charge in [0.25, 0.3) is 0 Å². The minimum atomic E-state index is -0.234. The van der Waals surface area contributed by atoms with Crippen molar-refractivity contribution in [2.75, 3.05) is 5.32 Å². The number of nitrogens with two attached hydrogens (primary N) is 1. The van der Waals surface area contributed by atoms with Crippen LogP contribution in [0.4, 0.5) is 5.69 Å². The predicted octanol–water partition coefficient (Wildman–Crippen LogP) is 1.26. The van der Waals surface area contributed by atoms with E-state index in [4.69, 9.17) is 5.73 Å². The zero-order valence-electron chi connectivity index (χ0n) is 13.0. The molecule has 0 aromatic heterocycles. The predicted molar refractivity (Wildman–Crippen MR) is 87.4 cm³/mol. The van der Waals surface area contributed by atoms with Crippen molar-refractivity contribution in [3.63, 3.8) is 0 Å². The molecule has 1 aliphatic carbocycles. The van der Waals surface area contributed by atoms with Crippen LogP contribution in [0.2, 0.25) is 0 Å². The average molecular weight is 301 g/mol. The van der Waals surface area contributed by atoms with Crippen molar-refractivity contribution in [3.05, 3.63) is 29.3 Å². The van der Waals surface area contributed by atoms with Crippen LogP contribution < -0.4 is 21.8 Å². The molecule has 1 aromatic carbocycles. The topological polar surface area (TPSA) is 91.5 Å². The van der Waals surface area contributed by atoms with E-state index in [0.717, 1.165) is 22.5 Å². The van der Waals surface area contributed by atoms with Crippen molar-refractivity contribution in [3.8, 4) is 0 Å². The highest BCUT2D eigenvalue weighted by atomic mass is 16.2. The van der Waals surface area contributed by atoms with Crippen LogP contribution in [-0.2, 0) is 4.79 Å². The van der Waals surface area contributed by atoms with E-state index in [1.54, 1.807) is 0 Å². The average Bonchev–Trinajstić information content (AvgIpc) is 3.25. The smallest absolute Gasteiger partial charge is 0.240 e. The molecule has 1 heterocycles. The highest BCUT2D eigenvalue weighted by Gasteiger charge is 2.24. The molecule has 5 N–H and O–H groups in total. The Bertz CT molecular complexity index is 609. The third kappa shape index (κ3) is 3.45. The number of amides is 1. The molecule has 2 atom stereocenters. The molecule has 2 aliphatic rings. The van der Waals surface area contributed by atoms with Crippen LogP contribution in [0, 0.1) is 12.8 Å². The lowest BCUT2D eigenvalue weighted by Gasteiger charge is -2.21. The van der Waals surface area contributed by atoms with Crippen LogP contribution in [0.25, 0.3) is 0 Å². The summed E-state index contributed by atoms with van der Waals surface area (Å²) in [5.41, 5.74) is 12.7. The monoisotopic (exact) mass is 301 g/mol.